The van der Waals surface area contributed by atoms with Crippen molar-refractivity contribution in [3.8, 4) is 0 Å². The highest BCUT2D eigenvalue weighted by Crippen LogP contribution is 2.10. The molecule has 22 heavy (non-hydrogen) atoms. The van der Waals surface area contributed by atoms with E-state index in [1.807, 2.05) is 55.6 Å². The van der Waals surface area contributed by atoms with Gasteiger partial charge in [0.2, 0.25) is 0 Å². The lowest BCUT2D eigenvalue weighted by molar-refractivity contribution is -0.885. The number of hydrogen-bond donors (Lipinski definition) is 2. The molecule has 0 bridgehead atoms. The highest BCUT2D eigenvalue weighted by molar-refractivity contribution is 6.30. The summed E-state index contributed by atoms with van der Waals surface area (Å²) in [5.41, 5.74) is 2.15. The van der Waals surface area contributed by atoms with Gasteiger partial charge in [0.25, 0.3) is 5.91 Å². The lowest BCUT2D eigenvalue weighted by atomic mass is 10.2. The summed E-state index contributed by atoms with van der Waals surface area (Å²) in [6.07, 6.45) is 0. The van der Waals surface area contributed by atoms with Gasteiger partial charge in [-0.05, 0) is 29.8 Å². The molecule has 3 nitrogen and oxygen atoms in total. The van der Waals surface area contributed by atoms with E-state index in [1.54, 1.807) is 0 Å². The Hall–Kier alpha value is -1.55. The van der Waals surface area contributed by atoms with Gasteiger partial charge in [-0.15, -0.1) is 0 Å². The third kappa shape index (κ3) is 5.68. The molecule has 0 heterocycles. The molecule has 5 heteroatoms. The predicted octanol–water partition coefficient (Wildman–Crippen LogP) is 2.32. The zero-order chi connectivity index (χ0) is 15.9. The highest BCUT2D eigenvalue weighted by Gasteiger charge is 2.10. The second-order valence-electron chi connectivity index (χ2n) is 5.34. The van der Waals surface area contributed by atoms with Crippen LogP contribution >= 0.6 is 23.2 Å². The van der Waals surface area contributed by atoms with Crippen LogP contribution in [0.4, 0.5) is 0 Å². The fraction of sp³-hybridized carbons (Fsp3) is 0.235. The lowest BCUT2D eigenvalue weighted by Gasteiger charge is -2.14. The van der Waals surface area contributed by atoms with E-state index in [9.17, 15) is 4.79 Å². The van der Waals surface area contributed by atoms with E-state index in [0.29, 0.717) is 18.1 Å². The number of likely N-dealkylation sites (N-methyl/N-ethyl adjacent to an activating group) is 1. The van der Waals surface area contributed by atoms with E-state index >= 15 is 0 Å². The Bertz CT molecular complexity index is 629. The molecule has 2 rings (SSSR count). The smallest absolute Gasteiger partial charge is 0.275 e. The van der Waals surface area contributed by atoms with Gasteiger partial charge in [-0.25, -0.2) is 0 Å². The summed E-state index contributed by atoms with van der Waals surface area (Å²) in [7, 11) is 1.99. The van der Waals surface area contributed by atoms with Gasteiger partial charge in [0.05, 0.1) is 7.05 Å². The molecule has 0 aromatic heterocycles. The number of amides is 1. The molecule has 1 unspecified atom stereocenters. The second-order valence-corrected chi connectivity index (χ2v) is 6.22. The fourth-order valence-corrected chi connectivity index (χ4v) is 2.54. The maximum atomic E-state index is 12.0. The van der Waals surface area contributed by atoms with Crippen LogP contribution in [0.5, 0.6) is 0 Å². The van der Waals surface area contributed by atoms with Gasteiger partial charge in [0.1, 0.15) is 6.54 Å². The average Bonchev–Trinajstić information content (AvgIpc) is 2.46. The largest absolute Gasteiger partial charge is 0.347 e. The molecular weight excluding hydrogens is 319 g/mol. The monoisotopic (exact) mass is 337 g/mol. The maximum Gasteiger partial charge on any atom is 0.275 e. The Balaban J connectivity index is 1.77. The minimum absolute atomic E-state index is 0.0227. The van der Waals surface area contributed by atoms with E-state index < -0.39 is 0 Å². The van der Waals surface area contributed by atoms with Crippen molar-refractivity contribution >= 4 is 29.1 Å². The van der Waals surface area contributed by atoms with E-state index in [2.05, 4.69) is 5.32 Å². The molecule has 0 aliphatic carbocycles. The van der Waals surface area contributed by atoms with Gasteiger partial charge in [0.15, 0.2) is 6.54 Å². The maximum absolute atomic E-state index is 12.0. The molecule has 0 radical (unpaired) electrons. The van der Waals surface area contributed by atoms with Gasteiger partial charge in [-0.3, -0.25) is 4.79 Å². The summed E-state index contributed by atoms with van der Waals surface area (Å²) in [5.74, 6) is 0.0227. The number of carbonyl (C=O) groups is 1. The van der Waals surface area contributed by atoms with Gasteiger partial charge >= 0.3 is 0 Å². The Morgan fingerprint density at radius 1 is 1.05 bits per heavy atom. The van der Waals surface area contributed by atoms with Crippen molar-refractivity contribution in [2.45, 2.75) is 13.1 Å². The summed E-state index contributed by atoms with van der Waals surface area (Å²) in [5, 5.41) is 4.33. The van der Waals surface area contributed by atoms with E-state index in [4.69, 9.17) is 23.2 Å². The van der Waals surface area contributed by atoms with Crippen molar-refractivity contribution in [2.75, 3.05) is 13.6 Å². The molecule has 0 fully saturated rings. The zero-order valence-corrected chi connectivity index (χ0v) is 13.9. The van der Waals surface area contributed by atoms with Crippen LogP contribution in [0.2, 0.25) is 10.0 Å². The number of nitrogens with one attached hydrogen (secondary N) is 2. The van der Waals surface area contributed by atoms with Crippen molar-refractivity contribution in [3.05, 3.63) is 69.7 Å². The SMILES string of the molecule is C[NH+](CC(=O)NCc1ccc(Cl)cc1)Cc1cccc(Cl)c1. The number of hydrogen-bond acceptors (Lipinski definition) is 1. The minimum atomic E-state index is 0.0227. The van der Waals surface area contributed by atoms with Crippen molar-refractivity contribution in [3.63, 3.8) is 0 Å². The van der Waals surface area contributed by atoms with Crippen molar-refractivity contribution < 1.29 is 9.69 Å². The number of halogens is 2. The van der Waals surface area contributed by atoms with Crippen LogP contribution in [0.3, 0.4) is 0 Å². The van der Waals surface area contributed by atoms with Gasteiger partial charge < -0.3 is 10.2 Å². The van der Waals surface area contributed by atoms with E-state index in [0.717, 1.165) is 27.6 Å². The molecular formula is C17H19Cl2N2O+. The molecule has 0 aliphatic heterocycles. The van der Waals surface area contributed by atoms with Crippen LogP contribution < -0.4 is 10.2 Å². The van der Waals surface area contributed by atoms with Crippen LogP contribution in [0.1, 0.15) is 11.1 Å². The number of benzene rings is 2. The molecule has 1 amide bonds. The third-order valence-corrected chi connectivity index (χ3v) is 3.75. The van der Waals surface area contributed by atoms with Gasteiger partial charge in [-0.1, -0.05) is 47.5 Å². The summed E-state index contributed by atoms with van der Waals surface area (Å²) < 4.78 is 0. The summed E-state index contributed by atoms with van der Waals surface area (Å²) in [6.45, 7) is 1.69. The number of quaternary nitrogens is 1. The lowest BCUT2D eigenvalue weighted by Crippen LogP contribution is -3.08. The molecule has 1 atom stereocenters. The van der Waals surface area contributed by atoms with Crippen molar-refractivity contribution in [2.24, 2.45) is 0 Å². The third-order valence-electron chi connectivity index (χ3n) is 3.26. The Morgan fingerprint density at radius 3 is 2.45 bits per heavy atom. The Labute approximate surface area is 140 Å². The summed E-state index contributed by atoms with van der Waals surface area (Å²) in [4.78, 5) is 13.1. The zero-order valence-electron chi connectivity index (χ0n) is 12.4. The Kier molecular flexibility index (Phi) is 6.25. The molecule has 116 valence electrons. The van der Waals surface area contributed by atoms with E-state index in [1.165, 1.54) is 0 Å². The molecule has 0 spiro atoms. The van der Waals surface area contributed by atoms with Gasteiger partial charge in [0, 0.05) is 22.2 Å². The average molecular weight is 338 g/mol. The predicted molar refractivity (Wildman–Crippen MR) is 90.2 cm³/mol. The van der Waals surface area contributed by atoms with Crippen LogP contribution in [0.25, 0.3) is 0 Å². The molecule has 2 aromatic carbocycles. The van der Waals surface area contributed by atoms with Crippen molar-refractivity contribution in [1.29, 1.82) is 0 Å². The second kappa shape index (κ2) is 8.18. The quantitative estimate of drug-likeness (QED) is 0.833. The fourth-order valence-electron chi connectivity index (χ4n) is 2.20. The summed E-state index contributed by atoms with van der Waals surface area (Å²) >= 11 is 11.8. The molecule has 2 aromatic rings. The van der Waals surface area contributed by atoms with Gasteiger partial charge in [-0.2, -0.15) is 0 Å². The van der Waals surface area contributed by atoms with Crippen LogP contribution in [-0.2, 0) is 17.9 Å². The highest BCUT2D eigenvalue weighted by atomic mass is 35.5. The number of rotatable bonds is 6. The van der Waals surface area contributed by atoms with Crippen LogP contribution in [0.15, 0.2) is 48.5 Å². The molecule has 2 N–H and O–H groups in total. The summed E-state index contributed by atoms with van der Waals surface area (Å²) in [6, 6.07) is 15.2. The van der Waals surface area contributed by atoms with Crippen LogP contribution in [-0.4, -0.2) is 19.5 Å². The Morgan fingerprint density at radius 2 is 1.77 bits per heavy atom. The molecule has 0 saturated heterocycles. The van der Waals surface area contributed by atoms with E-state index in [-0.39, 0.29) is 5.91 Å². The molecule has 0 saturated carbocycles. The normalized spacial score (nSPS) is 12.0. The number of carbonyl (C=O) groups excluding carboxylic acids is 1. The first kappa shape index (κ1) is 16.8. The molecule has 0 aliphatic rings. The van der Waals surface area contributed by atoms with Crippen LogP contribution in [0, 0.1) is 0 Å². The first-order valence-electron chi connectivity index (χ1n) is 7.10. The topological polar surface area (TPSA) is 33.5 Å². The first-order chi connectivity index (χ1) is 10.5. The first-order valence-corrected chi connectivity index (χ1v) is 7.85. The van der Waals surface area contributed by atoms with Crippen molar-refractivity contribution in [1.82, 2.24) is 5.32 Å². The standard InChI is InChI=1S/C17H18Cl2N2O/c1-21(11-14-3-2-4-16(19)9-14)12-17(22)20-10-13-5-7-15(18)8-6-13/h2-9H,10-12H2,1H3,(H,20,22)/p+1. The minimum Gasteiger partial charge on any atom is -0.347 e.